The summed E-state index contributed by atoms with van der Waals surface area (Å²) in [5.41, 5.74) is -2.62. The molecule has 1 aliphatic heterocycles. The topological polar surface area (TPSA) is 155 Å². The summed E-state index contributed by atoms with van der Waals surface area (Å²) in [5.74, 6) is -3.53. The Bertz CT molecular complexity index is 1900. The average molecular weight is 720 g/mol. The summed E-state index contributed by atoms with van der Waals surface area (Å²) in [4.78, 5) is 66.9. The van der Waals surface area contributed by atoms with Crippen LogP contribution >= 0.6 is 0 Å². The van der Waals surface area contributed by atoms with Gasteiger partial charge in [0, 0.05) is 60.3 Å². The smallest absolute Gasteiger partial charge is 0.414 e. The van der Waals surface area contributed by atoms with Crippen LogP contribution in [0.2, 0.25) is 0 Å². The lowest BCUT2D eigenvalue weighted by molar-refractivity contribution is -0.191. The first-order valence-corrected chi connectivity index (χ1v) is 18.3. The Hall–Kier alpha value is -4.32. The minimum Gasteiger partial charge on any atom is -0.477 e. The number of imide groups is 1. The number of fused-ring (bicyclic) bond motifs is 1. The molecule has 2 heterocycles. The summed E-state index contributed by atoms with van der Waals surface area (Å²) in [6.45, 7) is 16.6. The van der Waals surface area contributed by atoms with Crippen molar-refractivity contribution in [1.82, 2.24) is 9.88 Å². The van der Waals surface area contributed by atoms with E-state index in [0.717, 1.165) is 18.9 Å². The van der Waals surface area contributed by atoms with Crippen LogP contribution in [0, 0.1) is 45.7 Å². The van der Waals surface area contributed by atoms with Gasteiger partial charge in [-0.2, -0.15) is 0 Å². The summed E-state index contributed by atoms with van der Waals surface area (Å²) in [7, 11) is 0. The van der Waals surface area contributed by atoms with Crippen LogP contribution in [0.3, 0.4) is 0 Å². The number of hydrogen-bond acceptors (Lipinski definition) is 8. The lowest BCUT2D eigenvalue weighted by Crippen LogP contribution is -2.63. The van der Waals surface area contributed by atoms with Crippen LogP contribution in [0.15, 0.2) is 48.4 Å². The highest BCUT2D eigenvalue weighted by Gasteiger charge is 2.68. The van der Waals surface area contributed by atoms with E-state index in [1.165, 1.54) is 16.8 Å². The average Bonchev–Trinajstić information content (AvgIpc) is 3.47. The van der Waals surface area contributed by atoms with Crippen molar-refractivity contribution in [1.29, 1.82) is 0 Å². The van der Waals surface area contributed by atoms with E-state index in [9.17, 15) is 34.2 Å². The van der Waals surface area contributed by atoms with E-state index < -0.39 is 69.1 Å². The van der Waals surface area contributed by atoms with Crippen molar-refractivity contribution >= 4 is 40.3 Å². The number of nitrogens with one attached hydrogen (secondary N) is 1. The van der Waals surface area contributed by atoms with Gasteiger partial charge in [0.25, 0.3) is 0 Å². The fraction of sp³-hybridized carbons (Fsp3) is 0.575. The molecule has 2 unspecified atom stereocenters. The number of nitrogens with zero attached hydrogens (tertiary/aromatic N) is 2. The molecule has 0 radical (unpaired) electrons. The van der Waals surface area contributed by atoms with Crippen molar-refractivity contribution < 1.29 is 38.5 Å². The zero-order valence-corrected chi connectivity index (χ0v) is 30.5. The van der Waals surface area contributed by atoms with E-state index >= 15 is 4.39 Å². The zero-order valence-electron chi connectivity index (χ0n) is 30.5. The molecule has 1 aromatic heterocycles. The number of aromatic nitrogens is 1. The van der Waals surface area contributed by atoms with E-state index in [4.69, 9.17) is 4.74 Å². The molecule has 2 bridgehead atoms. The quantitative estimate of drug-likeness (QED) is 0.299. The molecule has 2 aromatic rings. The first kappa shape index (κ1) is 37.4. The predicted octanol–water partition coefficient (Wildman–Crippen LogP) is 5.86. The number of benzene rings is 1. The van der Waals surface area contributed by atoms with Crippen molar-refractivity contribution in [2.24, 2.45) is 39.9 Å². The molecule has 0 spiro atoms. The van der Waals surface area contributed by atoms with Gasteiger partial charge in [-0.15, -0.1) is 13.2 Å². The molecule has 4 aliphatic rings. The molecule has 6 rings (SSSR count). The highest BCUT2D eigenvalue weighted by molar-refractivity contribution is 5.94. The second-order valence-corrected chi connectivity index (χ2v) is 16.2. The fourth-order valence-electron chi connectivity index (χ4n) is 10.3. The van der Waals surface area contributed by atoms with E-state index in [1.807, 2.05) is 20.8 Å². The minimum atomic E-state index is -1.41. The van der Waals surface area contributed by atoms with Gasteiger partial charge in [-0.1, -0.05) is 39.8 Å². The number of carboxylic acid groups (broad SMARTS) is 1. The molecule has 280 valence electrons. The second-order valence-electron chi connectivity index (χ2n) is 16.2. The molecule has 1 aromatic carbocycles. The van der Waals surface area contributed by atoms with E-state index in [1.54, 1.807) is 17.1 Å². The van der Waals surface area contributed by atoms with Crippen molar-refractivity contribution in [3.63, 3.8) is 0 Å². The Balaban J connectivity index is 1.18. The van der Waals surface area contributed by atoms with E-state index in [-0.39, 0.29) is 60.7 Å². The highest BCUT2D eigenvalue weighted by atomic mass is 19.1. The molecule has 2 amide bonds. The van der Waals surface area contributed by atoms with Gasteiger partial charge in [0.2, 0.25) is 11.3 Å². The van der Waals surface area contributed by atoms with Crippen LogP contribution in [-0.2, 0) is 20.9 Å². The Morgan fingerprint density at radius 3 is 2.42 bits per heavy atom. The number of rotatable bonds is 7. The molecule has 3 aliphatic carbocycles. The number of pyridine rings is 1. The summed E-state index contributed by atoms with van der Waals surface area (Å²) >= 11 is 0. The Morgan fingerprint density at radius 2 is 1.79 bits per heavy atom. The van der Waals surface area contributed by atoms with Crippen molar-refractivity contribution in [2.45, 2.75) is 91.4 Å². The summed E-state index contributed by atoms with van der Waals surface area (Å²) in [6, 6.07) is 2.57. The van der Waals surface area contributed by atoms with Crippen LogP contribution in [-0.4, -0.2) is 63.8 Å². The lowest BCUT2D eigenvalue weighted by Gasteiger charge is -2.61. The maximum atomic E-state index is 15.5. The molecule has 3 N–H and O–H groups in total. The monoisotopic (exact) mass is 719 g/mol. The number of hydrogen-bond donors (Lipinski definition) is 3. The van der Waals surface area contributed by atoms with Gasteiger partial charge in [0.1, 0.15) is 23.3 Å². The third-order valence-electron chi connectivity index (χ3n) is 13.7. The molecule has 11 nitrogen and oxygen atoms in total. The molecule has 4 fully saturated rings. The summed E-state index contributed by atoms with van der Waals surface area (Å²) < 4.78 is 23.2. The number of ketones is 1. The first-order chi connectivity index (χ1) is 24.5. The Kier molecular flexibility index (Phi) is 9.78. The first-order valence-electron chi connectivity index (χ1n) is 18.3. The van der Waals surface area contributed by atoms with Crippen LogP contribution in [0.4, 0.5) is 14.9 Å². The van der Waals surface area contributed by atoms with E-state index in [0.29, 0.717) is 31.2 Å². The van der Waals surface area contributed by atoms with Gasteiger partial charge in [-0.05, 0) is 67.9 Å². The molecular weight excluding hydrogens is 669 g/mol. The summed E-state index contributed by atoms with van der Waals surface area (Å²) in [5, 5.41) is 23.6. The second kappa shape index (κ2) is 13.6. The number of anilines is 1. The molecule has 52 heavy (non-hydrogen) atoms. The molecule has 3 saturated carbocycles. The van der Waals surface area contributed by atoms with Gasteiger partial charge >= 0.3 is 12.1 Å². The number of halogens is 1. The Labute approximate surface area is 302 Å². The molecule has 8 atom stereocenters. The van der Waals surface area contributed by atoms with Crippen LogP contribution in [0.25, 0.3) is 10.9 Å². The van der Waals surface area contributed by atoms with Crippen LogP contribution in [0.1, 0.15) is 83.0 Å². The van der Waals surface area contributed by atoms with Gasteiger partial charge < -0.3 is 24.4 Å². The predicted molar refractivity (Wildman–Crippen MR) is 193 cm³/mol. The summed E-state index contributed by atoms with van der Waals surface area (Å²) in [6.07, 6.45) is 5.64. The standard InChI is InChI=1S/C40H50FN3O8/c1-7-15-44-21-26(36(49)50)32(46)25-18-27(41)29(19-28(25)44)43-16-11-24(12-17-43)35(48)42-37(51)52-31-20-38(5,8-2)34(47)23(4)40-13-9-22(3)39(31,6)33(40)30(45)10-14-40/h7-8,18-19,21-24,31,33-34,47H,1-2,9-17,20H2,3-6H3,(H,49,50)(H,42,48,51)/t22-,23+,31-,33?,34+,38-,39+,40?/m1/s1. The van der Waals surface area contributed by atoms with E-state index in [2.05, 4.69) is 25.4 Å². The molecule has 12 heteroatoms. The molecule has 1 saturated heterocycles. The van der Waals surface area contributed by atoms with Gasteiger partial charge in [0.15, 0.2) is 0 Å². The van der Waals surface area contributed by atoms with Crippen LogP contribution in [0.5, 0.6) is 0 Å². The number of amides is 2. The maximum absolute atomic E-state index is 15.5. The third kappa shape index (κ3) is 5.87. The number of aromatic carboxylic acids is 1. The molecular formula is C40H50FN3O8. The SMILES string of the molecule is C=CCn1cc(C(=O)O)c(=O)c2cc(F)c(N3CCC(C(=O)NC(=O)O[C@@H]4C[C@@](C)(C=C)[C@@H](O)[C@H](C)C56CCC(=O)C5[C@@]4(C)[C@H](C)CC6)CC3)cc21. The number of alkyl carbamates (subject to hydrolysis) is 1. The van der Waals surface area contributed by atoms with Crippen molar-refractivity contribution in [2.75, 3.05) is 18.0 Å². The number of carboxylic acids is 1. The van der Waals surface area contributed by atoms with Gasteiger partial charge in [-0.3, -0.25) is 19.7 Å². The number of Topliss-reactive ketones (excluding diaryl/α,β-unsaturated/α-hetero) is 1. The minimum absolute atomic E-state index is 0.0446. The number of piperidine rings is 1. The third-order valence-corrected chi connectivity index (χ3v) is 13.7. The lowest BCUT2D eigenvalue weighted by atomic mass is 9.44. The van der Waals surface area contributed by atoms with Crippen molar-refractivity contribution in [3.05, 3.63) is 65.2 Å². The van der Waals surface area contributed by atoms with Crippen LogP contribution < -0.4 is 15.6 Å². The fourth-order valence-corrected chi connectivity index (χ4v) is 10.3. The number of aliphatic hydroxyl groups excluding tert-OH is 1. The van der Waals surface area contributed by atoms with Crippen molar-refractivity contribution in [3.8, 4) is 0 Å². The number of aliphatic hydroxyl groups is 1. The largest absolute Gasteiger partial charge is 0.477 e. The highest BCUT2D eigenvalue weighted by Crippen LogP contribution is 2.68. The maximum Gasteiger partial charge on any atom is 0.414 e. The Morgan fingerprint density at radius 1 is 1.10 bits per heavy atom. The number of carbonyl (C=O) groups excluding carboxylic acids is 3. The van der Waals surface area contributed by atoms with Gasteiger partial charge in [-0.25, -0.2) is 14.0 Å². The normalized spacial score (nSPS) is 33.5. The number of allylic oxidation sites excluding steroid dienone is 1. The number of carbonyl (C=O) groups is 4. The zero-order chi connectivity index (χ0) is 37.9. The van der Waals surface area contributed by atoms with Gasteiger partial charge in [0.05, 0.1) is 17.3 Å². The number of ether oxygens (including phenoxy) is 1.